The Kier molecular flexibility index (Phi) is 9.00. The maximum absolute atomic E-state index is 12.9. The Hall–Kier alpha value is -3.43. The molecule has 0 heterocycles. The number of benzene rings is 3. The third kappa shape index (κ3) is 7.86. The zero-order chi connectivity index (χ0) is 24.4. The zero-order valence-corrected chi connectivity index (χ0v) is 19.6. The molecule has 7 nitrogen and oxygen atoms in total. The van der Waals surface area contributed by atoms with Crippen LogP contribution in [0, 0.1) is 5.82 Å². The van der Waals surface area contributed by atoms with Crippen molar-refractivity contribution in [1.82, 2.24) is 5.32 Å². The summed E-state index contributed by atoms with van der Waals surface area (Å²) < 4.78 is 50.8. The normalized spacial score (nSPS) is 11.1. The van der Waals surface area contributed by atoms with Gasteiger partial charge in [-0.3, -0.25) is 9.52 Å². The lowest BCUT2D eigenvalue weighted by atomic mass is 10.1. The van der Waals surface area contributed by atoms with Crippen LogP contribution >= 0.6 is 0 Å². The molecule has 0 unspecified atom stereocenters. The first kappa shape index (κ1) is 25.2. The Morgan fingerprint density at radius 1 is 0.912 bits per heavy atom. The fourth-order valence-electron chi connectivity index (χ4n) is 3.12. The average molecular weight is 487 g/mol. The lowest BCUT2D eigenvalue weighted by Gasteiger charge is -2.10. The second-order valence-electron chi connectivity index (χ2n) is 7.55. The van der Waals surface area contributed by atoms with Gasteiger partial charge in [0.1, 0.15) is 18.2 Å². The minimum Gasteiger partial charge on any atom is -0.497 e. The molecule has 180 valence electrons. The van der Waals surface area contributed by atoms with Gasteiger partial charge < -0.3 is 14.8 Å². The number of sulfonamides is 1. The molecule has 0 aliphatic rings. The van der Waals surface area contributed by atoms with Gasteiger partial charge in [-0.1, -0.05) is 24.3 Å². The molecule has 9 heteroatoms. The van der Waals surface area contributed by atoms with E-state index in [0.29, 0.717) is 18.0 Å². The minimum absolute atomic E-state index is 0.0690. The number of anilines is 1. The molecule has 0 saturated heterocycles. The van der Waals surface area contributed by atoms with Crippen molar-refractivity contribution in [3.05, 3.63) is 89.7 Å². The number of nitrogens with one attached hydrogen (secondary N) is 2. The number of amides is 1. The largest absolute Gasteiger partial charge is 0.497 e. The molecule has 3 rings (SSSR count). The van der Waals surface area contributed by atoms with Crippen LogP contribution in [0.1, 0.15) is 17.5 Å². The highest BCUT2D eigenvalue weighted by Crippen LogP contribution is 2.19. The van der Waals surface area contributed by atoms with E-state index in [9.17, 15) is 17.6 Å². The molecule has 0 aliphatic carbocycles. The SMILES string of the molecule is COc1ccc(S(=O)(=O)Nc2ccc(CCCNC(=O)COCc3ccc(F)cc3)cc2)cc1. The van der Waals surface area contributed by atoms with Crippen molar-refractivity contribution in [3.8, 4) is 5.75 Å². The molecular formula is C25H27FN2O5S. The predicted octanol–water partition coefficient (Wildman–Crippen LogP) is 3.90. The van der Waals surface area contributed by atoms with E-state index in [-0.39, 0.29) is 29.8 Å². The minimum atomic E-state index is -3.69. The van der Waals surface area contributed by atoms with Crippen molar-refractivity contribution < 1.29 is 27.1 Å². The molecule has 3 aromatic carbocycles. The van der Waals surface area contributed by atoms with Crippen LogP contribution in [0.15, 0.2) is 77.7 Å². The highest BCUT2D eigenvalue weighted by molar-refractivity contribution is 7.92. The van der Waals surface area contributed by atoms with Gasteiger partial charge in [-0.25, -0.2) is 12.8 Å². The molecule has 0 spiro atoms. The van der Waals surface area contributed by atoms with Gasteiger partial charge in [0.15, 0.2) is 0 Å². The third-order valence-electron chi connectivity index (χ3n) is 4.96. The maximum Gasteiger partial charge on any atom is 0.261 e. The smallest absolute Gasteiger partial charge is 0.261 e. The number of hydrogen-bond acceptors (Lipinski definition) is 5. The summed E-state index contributed by atoms with van der Waals surface area (Å²) in [5.74, 6) is 0.0494. The summed E-state index contributed by atoms with van der Waals surface area (Å²) in [5, 5.41) is 2.79. The predicted molar refractivity (Wildman–Crippen MR) is 128 cm³/mol. The molecule has 2 N–H and O–H groups in total. The second kappa shape index (κ2) is 12.2. The Labute approximate surface area is 199 Å². The monoisotopic (exact) mass is 486 g/mol. The van der Waals surface area contributed by atoms with E-state index >= 15 is 0 Å². The first-order valence-corrected chi connectivity index (χ1v) is 12.2. The molecule has 0 saturated carbocycles. The Morgan fingerprint density at radius 3 is 2.21 bits per heavy atom. The van der Waals surface area contributed by atoms with Gasteiger partial charge >= 0.3 is 0 Å². The lowest BCUT2D eigenvalue weighted by Crippen LogP contribution is -2.28. The number of methoxy groups -OCH3 is 1. The fourth-order valence-corrected chi connectivity index (χ4v) is 4.18. The van der Waals surface area contributed by atoms with E-state index in [1.54, 1.807) is 36.4 Å². The van der Waals surface area contributed by atoms with Crippen LogP contribution in [0.4, 0.5) is 10.1 Å². The van der Waals surface area contributed by atoms with Gasteiger partial charge in [-0.2, -0.15) is 0 Å². The molecule has 1 amide bonds. The van der Waals surface area contributed by atoms with Crippen molar-refractivity contribution in [2.75, 3.05) is 25.0 Å². The van der Waals surface area contributed by atoms with Gasteiger partial charge in [-0.15, -0.1) is 0 Å². The molecule has 0 fully saturated rings. The van der Waals surface area contributed by atoms with Crippen molar-refractivity contribution in [2.45, 2.75) is 24.3 Å². The molecule has 0 atom stereocenters. The van der Waals surface area contributed by atoms with Crippen molar-refractivity contribution in [2.24, 2.45) is 0 Å². The summed E-state index contributed by atoms with van der Waals surface area (Å²) in [5.41, 5.74) is 2.28. The van der Waals surface area contributed by atoms with Gasteiger partial charge in [0.25, 0.3) is 10.0 Å². The van der Waals surface area contributed by atoms with Gasteiger partial charge in [-0.05, 0) is 72.5 Å². The molecular weight excluding hydrogens is 459 g/mol. The van der Waals surface area contributed by atoms with Crippen molar-refractivity contribution in [3.63, 3.8) is 0 Å². The Balaban J connectivity index is 1.36. The van der Waals surface area contributed by atoms with Crippen LogP contribution in [-0.4, -0.2) is 34.6 Å². The Morgan fingerprint density at radius 2 is 1.56 bits per heavy atom. The maximum atomic E-state index is 12.9. The summed E-state index contributed by atoms with van der Waals surface area (Å²) in [4.78, 5) is 12.0. The topological polar surface area (TPSA) is 93.7 Å². The molecule has 0 aliphatic heterocycles. The standard InChI is InChI=1S/C25H27FN2O5S/c1-32-23-12-14-24(15-13-23)34(30,31)28-22-10-6-19(7-11-22)3-2-16-27-25(29)18-33-17-20-4-8-21(26)9-5-20/h4-15,28H,2-3,16-18H2,1H3,(H,27,29). The number of aryl methyl sites for hydroxylation is 1. The van der Waals surface area contributed by atoms with Crippen LogP contribution in [0.25, 0.3) is 0 Å². The van der Waals surface area contributed by atoms with E-state index in [0.717, 1.165) is 24.0 Å². The van der Waals surface area contributed by atoms with Gasteiger partial charge in [0.2, 0.25) is 5.91 Å². The average Bonchev–Trinajstić information content (AvgIpc) is 2.84. The summed E-state index contributed by atoms with van der Waals surface area (Å²) >= 11 is 0. The highest BCUT2D eigenvalue weighted by atomic mass is 32.2. The zero-order valence-electron chi connectivity index (χ0n) is 18.8. The van der Waals surface area contributed by atoms with Gasteiger partial charge in [0.05, 0.1) is 18.6 Å². The first-order chi connectivity index (χ1) is 16.4. The highest BCUT2D eigenvalue weighted by Gasteiger charge is 2.14. The van der Waals surface area contributed by atoms with Crippen LogP contribution in [0.5, 0.6) is 5.75 Å². The van der Waals surface area contributed by atoms with E-state index < -0.39 is 10.0 Å². The molecule has 0 aromatic heterocycles. The van der Waals surface area contributed by atoms with Crippen LogP contribution < -0.4 is 14.8 Å². The summed E-state index contributed by atoms with van der Waals surface area (Å²) in [7, 11) is -2.17. The molecule has 34 heavy (non-hydrogen) atoms. The van der Waals surface area contributed by atoms with E-state index in [1.165, 1.54) is 31.4 Å². The lowest BCUT2D eigenvalue weighted by molar-refractivity contribution is -0.126. The summed E-state index contributed by atoms with van der Waals surface area (Å²) in [6.45, 7) is 0.660. The van der Waals surface area contributed by atoms with Crippen LogP contribution in [0.3, 0.4) is 0 Å². The van der Waals surface area contributed by atoms with E-state index in [1.807, 2.05) is 12.1 Å². The quantitative estimate of drug-likeness (QED) is 0.379. The van der Waals surface area contributed by atoms with Crippen molar-refractivity contribution in [1.29, 1.82) is 0 Å². The van der Waals surface area contributed by atoms with Gasteiger partial charge in [0, 0.05) is 12.2 Å². The summed E-state index contributed by atoms with van der Waals surface area (Å²) in [6.07, 6.45) is 1.45. The number of carbonyl (C=O) groups excluding carboxylic acids is 1. The number of ether oxygens (including phenoxy) is 2. The summed E-state index contributed by atoms with van der Waals surface area (Å²) in [6, 6.07) is 19.2. The molecule has 0 bridgehead atoms. The van der Waals surface area contributed by atoms with Crippen LogP contribution in [0.2, 0.25) is 0 Å². The fraction of sp³-hybridized carbons (Fsp3) is 0.240. The van der Waals surface area contributed by atoms with Crippen molar-refractivity contribution >= 4 is 21.6 Å². The Bertz CT molecular complexity index is 1170. The molecule has 3 aromatic rings. The van der Waals surface area contributed by atoms with E-state index in [4.69, 9.17) is 9.47 Å². The number of carbonyl (C=O) groups is 1. The van der Waals surface area contributed by atoms with Crippen LogP contribution in [-0.2, 0) is 32.6 Å². The van der Waals surface area contributed by atoms with E-state index in [2.05, 4.69) is 10.0 Å². The number of rotatable bonds is 12. The second-order valence-corrected chi connectivity index (χ2v) is 9.23. The first-order valence-electron chi connectivity index (χ1n) is 10.7. The number of halogens is 1. The molecule has 0 radical (unpaired) electrons. The third-order valence-corrected chi connectivity index (χ3v) is 6.35. The number of hydrogen-bond donors (Lipinski definition) is 2.